The largest absolute Gasteiger partial charge is 0.326 e. The van der Waals surface area contributed by atoms with Gasteiger partial charge in [-0.25, -0.2) is 4.39 Å². The van der Waals surface area contributed by atoms with Crippen LogP contribution in [0.25, 0.3) is 0 Å². The molecule has 4 nitrogen and oxygen atoms in total. The number of hydrogen-bond acceptors (Lipinski definition) is 3. The highest BCUT2D eigenvalue weighted by molar-refractivity contribution is 5.92. The number of amides is 1. The molecule has 1 atom stereocenters. The van der Waals surface area contributed by atoms with Crippen molar-refractivity contribution in [1.29, 1.82) is 0 Å². The summed E-state index contributed by atoms with van der Waals surface area (Å²) < 4.78 is 13.3. The lowest BCUT2D eigenvalue weighted by Gasteiger charge is -2.14. The first kappa shape index (κ1) is 14.9. The fraction of sp³-hybridized carbons (Fsp3) is 0.417. The Kier molecular flexibility index (Phi) is 5.53. The Hall–Kier alpha value is -1.17. The van der Waals surface area contributed by atoms with Gasteiger partial charge in [0.25, 0.3) is 0 Å². The monoisotopic (exact) mass is 273 g/mol. The van der Waals surface area contributed by atoms with Gasteiger partial charge in [-0.05, 0) is 18.6 Å². The molecule has 0 spiro atoms. The maximum atomic E-state index is 13.3. The molecule has 0 saturated carbocycles. The van der Waals surface area contributed by atoms with Gasteiger partial charge >= 0.3 is 0 Å². The van der Waals surface area contributed by atoms with E-state index in [0.717, 1.165) is 19.5 Å². The summed E-state index contributed by atoms with van der Waals surface area (Å²) in [5.74, 6) is -0.622. The van der Waals surface area contributed by atoms with Crippen LogP contribution in [0.3, 0.4) is 0 Å². The summed E-state index contributed by atoms with van der Waals surface area (Å²) in [6, 6.07) is 6.29. The topological polar surface area (TPSA) is 58.4 Å². The maximum absolute atomic E-state index is 13.3. The summed E-state index contributed by atoms with van der Waals surface area (Å²) in [7, 11) is 0. The quantitative estimate of drug-likeness (QED) is 0.871. The minimum absolute atomic E-state index is 0. The molecule has 1 amide bonds. The van der Waals surface area contributed by atoms with E-state index in [4.69, 9.17) is 5.73 Å². The first-order chi connectivity index (χ1) is 8.15. The van der Waals surface area contributed by atoms with Crippen molar-refractivity contribution < 1.29 is 9.18 Å². The zero-order valence-electron chi connectivity index (χ0n) is 9.93. The molecule has 100 valence electrons. The molecule has 0 radical (unpaired) electrons. The molecule has 2 rings (SSSR count). The van der Waals surface area contributed by atoms with Gasteiger partial charge in [-0.3, -0.25) is 9.69 Å². The normalized spacial score (nSPS) is 19.3. The van der Waals surface area contributed by atoms with E-state index < -0.39 is 5.82 Å². The van der Waals surface area contributed by atoms with Crippen LogP contribution in [0.4, 0.5) is 10.1 Å². The summed E-state index contributed by atoms with van der Waals surface area (Å²) in [4.78, 5) is 13.6. The molecule has 1 saturated heterocycles. The lowest BCUT2D eigenvalue weighted by atomic mass is 10.3. The average molecular weight is 274 g/mol. The molecule has 1 aromatic carbocycles. The third kappa shape index (κ3) is 3.94. The summed E-state index contributed by atoms with van der Waals surface area (Å²) in [6.07, 6.45) is 0.910. The maximum Gasteiger partial charge on any atom is 0.238 e. The van der Waals surface area contributed by atoms with Crippen molar-refractivity contribution in [2.45, 2.75) is 12.5 Å². The van der Waals surface area contributed by atoms with Gasteiger partial charge < -0.3 is 11.1 Å². The highest BCUT2D eigenvalue weighted by Gasteiger charge is 2.21. The van der Waals surface area contributed by atoms with Crippen LogP contribution in [0.15, 0.2) is 24.3 Å². The lowest BCUT2D eigenvalue weighted by molar-refractivity contribution is -0.117. The van der Waals surface area contributed by atoms with E-state index in [1.165, 1.54) is 6.07 Å². The second-order valence-electron chi connectivity index (χ2n) is 4.31. The van der Waals surface area contributed by atoms with Crippen LogP contribution >= 0.6 is 12.4 Å². The predicted octanol–water partition coefficient (Wildman–Crippen LogP) is 1.22. The van der Waals surface area contributed by atoms with E-state index >= 15 is 0 Å². The molecule has 1 fully saturated rings. The Labute approximate surface area is 112 Å². The van der Waals surface area contributed by atoms with Gasteiger partial charge in [0, 0.05) is 19.1 Å². The fourth-order valence-corrected chi connectivity index (χ4v) is 1.96. The molecular formula is C12H17ClFN3O. The Balaban J connectivity index is 0.00000162. The molecule has 1 aromatic rings. The third-order valence-electron chi connectivity index (χ3n) is 2.82. The zero-order valence-corrected chi connectivity index (χ0v) is 10.8. The van der Waals surface area contributed by atoms with Gasteiger partial charge in [0.1, 0.15) is 5.82 Å². The Morgan fingerprint density at radius 1 is 1.50 bits per heavy atom. The molecule has 0 aromatic heterocycles. The number of carbonyl (C=O) groups is 1. The van der Waals surface area contributed by atoms with Crippen molar-refractivity contribution in [3.8, 4) is 0 Å². The highest BCUT2D eigenvalue weighted by atomic mass is 35.5. The second-order valence-corrected chi connectivity index (χ2v) is 4.31. The van der Waals surface area contributed by atoms with Gasteiger partial charge in [-0.15, -0.1) is 12.4 Å². The number of rotatable bonds is 3. The van der Waals surface area contributed by atoms with E-state index in [2.05, 4.69) is 5.32 Å². The number of carbonyl (C=O) groups excluding carboxylic acids is 1. The van der Waals surface area contributed by atoms with Crippen molar-refractivity contribution >= 4 is 24.0 Å². The summed E-state index contributed by atoms with van der Waals surface area (Å²) in [5.41, 5.74) is 5.97. The van der Waals surface area contributed by atoms with Gasteiger partial charge in [0.05, 0.1) is 12.2 Å². The van der Waals surface area contributed by atoms with Gasteiger partial charge in [0.15, 0.2) is 0 Å². The molecule has 0 aliphatic carbocycles. The average Bonchev–Trinajstić information content (AvgIpc) is 2.67. The summed E-state index contributed by atoms with van der Waals surface area (Å²) >= 11 is 0. The van der Waals surface area contributed by atoms with Crippen molar-refractivity contribution in [1.82, 2.24) is 4.90 Å². The number of nitrogens with one attached hydrogen (secondary N) is 1. The molecule has 1 heterocycles. The standard InChI is InChI=1S/C12H16FN3O.ClH/c13-10-3-1-2-4-11(10)15-12(17)8-16-6-5-9(14)7-16;/h1-4,9H,5-8,14H2,(H,15,17);1H/t9-;/m0./s1. The Bertz CT molecular complexity index is 416. The first-order valence-electron chi connectivity index (χ1n) is 5.67. The number of para-hydroxylation sites is 1. The van der Waals surface area contributed by atoms with Crippen LogP contribution in [0.5, 0.6) is 0 Å². The number of nitrogens with two attached hydrogens (primary N) is 1. The predicted molar refractivity (Wildman–Crippen MR) is 71.3 cm³/mol. The van der Waals surface area contributed by atoms with E-state index in [1.807, 2.05) is 4.90 Å². The smallest absolute Gasteiger partial charge is 0.238 e. The van der Waals surface area contributed by atoms with E-state index in [0.29, 0.717) is 0 Å². The van der Waals surface area contributed by atoms with Crippen LogP contribution in [0.2, 0.25) is 0 Å². The minimum atomic E-state index is -0.418. The molecule has 1 aliphatic heterocycles. The van der Waals surface area contributed by atoms with Crippen molar-refractivity contribution in [3.05, 3.63) is 30.1 Å². The molecule has 0 unspecified atom stereocenters. The molecule has 1 aliphatic rings. The van der Waals surface area contributed by atoms with Crippen LogP contribution in [-0.2, 0) is 4.79 Å². The number of benzene rings is 1. The fourth-order valence-electron chi connectivity index (χ4n) is 1.96. The van der Waals surface area contributed by atoms with E-state index in [-0.39, 0.29) is 36.6 Å². The Morgan fingerprint density at radius 2 is 2.22 bits per heavy atom. The van der Waals surface area contributed by atoms with Crippen LogP contribution in [0.1, 0.15) is 6.42 Å². The minimum Gasteiger partial charge on any atom is -0.326 e. The number of anilines is 1. The third-order valence-corrected chi connectivity index (χ3v) is 2.82. The SMILES string of the molecule is Cl.N[C@H]1CCN(CC(=O)Nc2ccccc2F)C1. The first-order valence-corrected chi connectivity index (χ1v) is 5.67. The van der Waals surface area contributed by atoms with Gasteiger partial charge in [-0.1, -0.05) is 12.1 Å². The number of halogens is 2. The molecule has 6 heteroatoms. The van der Waals surface area contributed by atoms with E-state index in [9.17, 15) is 9.18 Å². The zero-order chi connectivity index (χ0) is 12.3. The van der Waals surface area contributed by atoms with Crippen LogP contribution in [-0.4, -0.2) is 36.5 Å². The summed E-state index contributed by atoms with van der Waals surface area (Å²) in [5, 5.41) is 2.56. The number of likely N-dealkylation sites (tertiary alicyclic amines) is 1. The number of hydrogen-bond donors (Lipinski definition) is 2. The van der Waals surface area contributed by atoms with Gasteiger partial charge in [0.2, 0.25) is 5.91 Å². The van der Waals surface area contributed by atoms with Crippen molar-refractivity contribution in [3.63, 3.8) is 0 Å². The van der Waals surface area contributed by atoms with Crippen LogP contribution in [0, 0.1) is 5.82 Å². The van der Waals surface area contributed by atoms with Crippen molar-refractivity contribution in [2.24, 2.45) is 5.73 Å². The lowest BCUT2D eigenvalue weighted by Crippen LogP contribution is -2.33. The second kappa shape index (κ2) is 6.68. The Morgan fingerprint density at radius 3 is 2.83 bits per heavy atom. The molecule has 0 bridgehead atoms. The molecule has 3 N–H and O–H groups in total. The molecule has 18 heavy (non-hydrogen) atoms. The van der Waals surface area contributed by atoms with E-state index in [1.54, 1.807) is 18.2 Å². The number of nitrogens with zero attached hydrogens (tertiary/aromatic N) is 1. The highest BCUT2D eigenvalue weighted by Crippen LogP contribution is 2.13. The molecular weight excluding hydrogens is 257 g/mol. The van der Waals surface area contributed by atoms with Crippen LogP contribution < -0.4 is 11.1 Å². The van der Waals surface area contributed by atoms with Crippen molar-refractivity contribution in [2.75, 3.05) is 25.0 Å². The van der Waals surface area contributed by atoms with Gasteiger partial charge in [-0.2, -0.15) is 0 Å². The summed E-state index contributed by atoms with van der Waals surface area (Å²) in [6.45, 7) is 1.82.